The predicted octanol–water partition coefficient (Wildman–Crippen LogP) is 2.89. The standard InChI is InChI=1S/C23H27N7/c1-2-5-19(6-3-1)16-29-11-9-28(10-12-29)8-4-7-20-14-25-22-15-26-23(13-21(20)22)30-18-24-17-27-30/h1-3,5-6,13-15,17-18,25H,4,7-12,16H2. The van der Waals surface area contributed by atoms with Gasteiger partial charge in [-0.1, -0.05) is 30.3 Å². The second-order valence-electron chi connectivity index (χ2n) is 7.95. The minimum absolute atomic E-state index is 0.801. The number of hydrogen-bond acceptors (Lipinski definition) is 5. The summed E-state index contributed by atoms with van der Waals surface area (Å²) in [5.74, 6) is 0.801. The number of rotatable bonds is 7. The van der Waals surface area contributed by atoms with E-state index in [0.29, 0.717) is 0 Å². The SMILES string of the molecule is c1ccc(CN2CCN(CCCc3c[nH]c4cnc(-n5cncn5)cc34)CC2)cc1. The molecule has 0 radical (unpaired) electrons. The maximum absolute atomic E-state index is 4.47. The number of fused-ring (bicyclic) bond motifs is 1. The van der Waals surface area contributed by atoms with Crippen molar-refractivity contribution in [2.75, 3.05) is 32.7 Å². The van der Waals surface area contributed by atoms with Gasteiger partial charge in [0.15, 0.2) is 5.82 Å². The second-order valence-corrected chi connectivity index (χ2v) is 7.95. The zero-order valence-corrected chi connectivity index (χ0v) is 17.1. The summed E-state index contributed by atoms with van der Waals surface area (Å²) in [7, 11) is 0. The topological polar surface area (TPSA) is 65.9 Å². The van der Waals surface area contributed by atoms with Crippen molar-refractivity contribution < 1.29 is 0 Å². The quantitative estimate of drug-likeness (QED) is 0.516. The van der Waals surface area contributed by atoms with Crippen LogP contribution in [0.15, 0.2) is 61.4 Å². The minimum Gasteiger partial charge on any atom is -0.360 e. The number of aromatic nitrogens is 5. The molecule has 4 heterocycles. The molecule has 4 aromatic rings. The smallest absolute Gasteiger partial charge is 0.155 e. The molecule has 0 saturated carbocycles. The van der Waals surface area contributed by atoms with E-state index in [2.05, 4.69) is 72.4 Å². The summed E-state index contributed by atoms with van der Waals surface area (Å²) in [6, 6.07) is 12.9. The number of nitrogens with zero attached hydrogens (tertiary/aromatic N) is 6. The van der Waals surface area contributed by atoms with Crippen molar-refractivity contribution in [1.29, 1.82) is 0 Å². The van der Waals surface area contributed by atoms with Gasteiger partial charge in [-0.3, -0.25) is 4.90 Å². The largest absolute Gasteiger partial charge is 0.360 e. The first-order valence-corrected chi connectivity index (χ1v) is 10.6. The van der Waals surface area contributed by atoms with Crippen LogP contribution in [0.2, 0.25) is 0 Å². The third kappa shape index (κ3) is 4.27. The lowest BCUT2D eigenvalue weighted by atomic mass is 10.1. The first-order valence-electron chi connectivity index (χ1n) is 10.6. The molecule has 7 nitrogen and oxygen atoms in total. The van der Waals surface area contributed by atoms with E-state index in [0.717, 1.165) is 63.4 Å². The summed E-state index contributed by atoms with van der Waals surface area (Å²) in [6.45, 7) is 6.81. The van der Waals surface area contributed by atoms with Gasteiger partial charge in [0.05, 0.1) is 11.7 Å². The van der Waals surface area contributed by atoms with Gasteiger partial charge in [0, 0.05) is 44.3 Å². The van der Waals surface area contributed by atoms with E-state index in [4.69, 9.17) is 0 Å². The Hall–Kier alpha value is -3.03. The summed E-state index contributed by atoms with van der Waals surface area (Å²) in [5.41, 5.74) is 3.82. The molecule has 7 heteroatoms. The van der Waals surface area contributed by atoms with Gasteiger partial charge in [-0.25, -0.2) is 14.6 Å². The third-order valence-corrected chi connectivity index (χ3v) is 5.93. The van der Waals surface area contributed by atoms with Gasteiger partial charge in [0.2, 0.25) is 0 Å². The zero-order chi connectivity index (χ0) is 20.2. The van der Waals surface area contributed by atoms with E-state index in [-0.39, 0.29) is 0 Å². The molecular formula is C23H27N7. The van der Waals surface area contributed by atoms with E-state index < -0.39 is 0 Å². The second kappa shape index (κ2) is 8.77. The van der Waals surface area contributed by atoms with Crippen molar-refractivity contribution in [2.45, 2.75) is 19.4 Å². The zero-order valence-electron chi connectivity index (χ0n) is 17.1. The van der Waals surface area contributed by atoms with Crippen LogP contribution in [0.3, 0.4) is 0 Å². The summed E-state index contributed by atoms with van der Waals surface area (Å²) in [5, 5.41) is 5.41. The maximum Gasteiger partial charge on any atom is 0.155 e. The molecule has 1 saturated heterocycles. The van der Waals surface area contributed by atoms with Gasteiger partial charge < -0.3 is 9.88 Å². The Labute approximate surface area is 176 Å². The van der Waals surface area contributed by atoms with Crippen LogP contribution in [-0.4, -0.2) is 67.3 Å². The Balaban J connectivity index is 1.13. The van der Waals surface area contributed by atoms with Gasteiger partial charge in [-0.15, -0.1) is 0 Å². The Kier molecular flexibility index (Phi) is 5.54. The molecular weight excluding hydrogens is 374 g/mol. The van der Waals surface area contributed by atoms with Crippen molar-refractivity contribution in [3.05, 3.63) is 72.6 Å². The van der Waals surface area contributed by atoms with E-state index in [1.807, 2.05) is 6.20 Å². The van der Waals surface area contributed by atoms with Crippen LogP contribution in [0.1, 0.15) is 17.5 Å². The van der Waals surface area contributed by atoms with Crippen molar-refractivity contribution in [2.24, 2.45) is 0 Å². The van der Waals surface area contributed by atoms with Gasteiger partial charge in [0.25, 0.3) is 0 Å². The summed E-state index contributed by atoms with van der Waals surface area (Å²) in [6.07, 6.45) is 9.43. The number of H-pyrrole nitrogens is 1. The minimum atomic E-state index is 0.801. The Bertz CT molecular complexity index is 1060. The van der Waals surface area contributed by atoms with E-state index in [1.165, 1.54) is 22.8 Å². The monoisotopic (exact) mass is 401 g/mol. The fourth-order valence-corrected chi connectivity index (χ4v) is 4.23. The van der Waals surface area contributed by atoms with E-state index >= 15 is 0 Å². The van der Waals surface area contributed by atoms with Gasteiger partial charge in [-0.2, -0.15) is 5.10 Å². The highest BCUT2D eigenvalue weighted by atomic mass is 15.3. The van der Waals surface area contributed by atoms with Crippen LogP contribution in [0.25, 0.3) is 16.7 Å². The van der Waals surface area contributed by atoms with Crippen LogP contribution >= 0.6 is 0 Å². The average Bonchev–Trinajstić information content (AvgIpc) is 3.46. The number of piperazine rings is 1. The number of pyridine rings is 1. The van der Waals surface area contributed by atoms with E-state index in [1.54, 1.807) is 11.0 Å². The molecule has 1 aliphatic heterocycles. The molecule has 0 aliphatic carbocycles. The van der Waals surface area contributed by atoms with E-state index in [9.17, 15) is 0 Å². The maximum atomic E-state index is 4.47. The fourth-order valence-electron chi connectivity index (χ4n) is 4.23. The molecule has 0 bridgehead atoms. The molecule has 3 aromatic heterocycles. The molecule has 1 fully saturated rings. The highest BCUT2D eigenvalue weighted by molar-refractivity contribution is 5.83. The molecule has 0 atom stereocenters. The van der Waals surface area contributed by atoms with Crippen LogP contribution < -0.4 is 0 Å². The Morgan fingerprint density at radius 3 is 2.63 bits per heavy atom. The highest BCUT2D eigenvalue weighted by Gasteiger charge is 2.17. The van der Waals surface area contributed by atoms with Crippen molar-refractivity contribution in [3.8, 4) is 5.82 Å². The first-order chi connectivity index (χ1) is 14.8. The third-order valence-electron chi connectivity index (χ3n) is 5.93. The summed E-state index contributed by atoms with van der Waals surface area (Å²) >= 11 is 0. The van der Waals surface area contributed by atoms with Gasteiger partial charge in [-0.05, 0) is 36.6 Å². The van der Waals surface area contributed by atoms with Crippen molar-refractivity contribution in [1.82, 2.24) is 34.5 Å². The molecule has 1 N–H and O–H groups in total. The first kappa shape index (κ1) is 19.0. The lowest BCUT2D eigenvalue weighted by Crippen LogP contribution is -2.46. The Morgan fingerprint density at radius 1 is 1.00 bits per heavy atom. The van der Waals surface area contributed by atoms with Crippen LogP contribution in [0.4, 0.5) is 0 Å². The van der Waals surface area contributed by atoms with Crippen LogP contribution in [0, 0.1) is 0 Å². The molecule has 0 spiro atoms. The summed E-state index contributed by atoms with van der Waals surface area (Å²) < 4.78 is 1.70. The molecule has 0 unspecified atom stereocenters. The van der Waals surface area contributed by atoms with Crippen molar-refractivity contribution in [3.63, 3.8) is 0 Å². The molecule has 1 aliphatic rings. The number of hydrogen-bond donors (Lipinski definition) is 1. The lowest BCUT2D eigenvalue weighted by molar-refractivity contribution is 0.126. The number of aryl methyl sites for hydroxylation is 1. The molecule has 154 valence electrons. The number of benzene rings is 1. The van der Waals surface area contributed by atoms with Crippen LogP contribution in [-0.2, 0) is 13.0 Å². The molecule has 5 rings (SSSR count). The average molecular weight is 402 g/mol. The van der Waals surface area contributed by atoms with Gasteiger partial charge >= 0.3 is 0 Å². The molecule has 1 aromatic carbocycles. The summed E-state index contributed by atoms with van der Waals surface area (Å²) in [4.78, 5) is 17.0. The van der Waals surface area contributed by atoms with Crippen LogP contribution in [0.5, 0.6) is 0 Å². The van der Waals surface area contributed by atoms with Crippen molar-refractivity contribution >= 4 is 10.9 Å². The number of aromatic amines is 1. The Morgan fingerprint density at radius 2 is 1.83 bits per heavy atom. The number of nitrogens with one attached hydrogen (secondary N) is 1. The fraction of sp³-hybridized carbons (Fsp3) is 0.348. The molecule has 30 heavy (non-hydrogen) atoms. The van der Waals surface area contributed by atoms with Gasteiger partial charge in [0.1, 0.15) is 12.7 Å². The lowest BCUT2D eigenvalue weighted by Gasteiger charge is -2.34. The molecule has 0 amide bonds. The highest BCUT2D eigenvalue weighted by Crippen LogP contribution is 2.21. The normalized spacial score (nSPS) is 15.7. The predicted molar refractivity (Wildman–Crippen MR) is 117 cm³/mol.